The molecule has 1 aromatic heterocycles. The van der Waals surface area contributed by atoms with E-state index in [0.717, 1.165) is 6.42 Å². The maximum absolute atomic E-state index is 13.0. The summed E-state index contributed by atoms with van der Waals surface area (Å²) in [5.41, 5.74) is 7.47. The number of carbonyl (C=O) groups is 1. The van der Waals surface area contributed by atoms with Crippen molar-refractivity contribution in [1.29, 1.82) is 0 Å². The Hall–Kier alpha value is -2.45. The van der Waals surface area contributed by atoms with Crippen molar-refractivity contribution in [3.8, 4) is 11.3 Å². The lowest BCUT2D eigenvalue weighted by Crippen LogP contribution is -2.34. The van der Waals surface area contributed by atoms with E-state index in [1.807, 2.05) is 11.8 Å². The van der Waals surface area contributed by atoms with Gasteiger partial charge in [-0.15, -0.1) is 12.4 Å². The van der Waals surface area contributed by atoms with Crippen LogP contribution in [-0.2, 0) is 7.05 Å². The molecule has 1 aromatic carbocycles. The summed E-state index contributed by atoms with van der Waals surface area (Å²) in [6.07, 6.45) is 2.59. The minimum absolute atomic E-state index is 0. The molecule has 3 rings (SSSR count). The largest absolute Gasteiger partial charge is 0.335 e. The lowest BCUT2D eigenvalue weighted by Gasteiger charge is -2.21. The Morgan fingerprint density at radius 1 is 1.38 bits per heavy atom. The Bertz CT molecular complexity index is 805. The highest BCUT2D eigenvalue weighted by Crippen LogP contribution is 2.29. The zero-order valence-electron chi connectivity index (χ0n) is 14.7. The van der Waals surface area contributed by atoms with E-state index in [4.69, 9.17) is 5.73 Å². The average molecular weight is 380 g/mol. The van der Waals surface area contributed by atoms with Crippen LogP contribution < -0.4 is 5.73 Å². The molecule has 0 spiro atoms. The van der Waals surface area contributed by atoms with Crippen LogP contribution in [0.25, 0.3) is 11.3 Å². The van der Waals surface area contributed by atoms with Crippen LogP contribution in [-0.4, -0.2) is 44.6 Å². The lowest BCUT2D eigenvalue weighted by molar-refractivity contribution is -0.384. The van der Waals surface area contributed by atoms with Gasteiger partial charge in [-0.2, -0.15) is 5.10 Å². The van der Waals surface area contributed by atoms with E-state index in [2.05, 4.69) is 5.10 Å². The number of non-ortho nitro benzene ring substituents is 1. The Labute approximate surface area is 157 Å². The van der Waals surface area contributed by atoms with Gasteiger partial charge in [0.05, 0.1) is 10.5 Å². The molecule has 2 aromatic rings. The van der Waals surface area contributed by atoms with E-state index in [9.17, 15) is 14.9 Å². The number of aromatic nitrogens is 2. The maximum Gasteiger partial charge on any atom is 0.269 e. The quantitative estimate of drug-likeness (QED) is 0.647. The molecule has 1 aliphatic rings. The molecular weight excluding hydrogens is 358 g/mol. The van der Waals surface area contributed by atoms with Gasteiger partial charge >= 0.3 is 0 Å². The van der Waals surface area contributed by atoms with Gasteiger partial charge in [-0.3, -0.25) is 19.6 Å². The second-order valence-corrected chi connectivity index (χ2v) is 6.51. The Balaban J connectivity index is 0.00000243. The smallest absolute Gasteiger partial charge is 0.269 e. The van der Waals surface area contributed by atoms with Crippen molar-refractivity contribution in [2.45, 2.75) is 19.4 Å². The summed E-state index contributed by atoms with van der Waals surface area (Å²) in [6.45, 7) is 3.23. The molecule has 1 fully saturated rings. The Morgan fingerprint density at radius 3 is 2.58 bits per heavy atom. The SMILES string of the molecule is CC1CC(CN)CN1C(=O)c1cn(C)nc1-c1ccc([N+](=O)[O-])cc1.Cl. The van der Waals surface area contributed by atoms with E-state index in [1.54, 1.807) is 30.1 Å². The minimum Gasteiger partial charge on any atom is -0.335 e. The van der Waals surface area contributed by atoms with Crippen molar-refractivity contribution in [3.05, 3.63) is 46.1 Å². The molecule has 2 atom stereocenters. The number of nitro benzene ring substituents is 1. The highest BCUT2D eigenvalue weighted by atomic mass is 35.5. The number of hydrogen-bond donors (Lipinski definition) is 1. The molecular formula is C17H22ClN5O3. The third-order valence-electron chi connectivity index (χ3n) is 4.67. The standard InChI is InChI=1S/C17H21N5O3.ClH/c1-11-7-12(8-18)9-21(11)17(23)15-10-20(2)19-16(15)13-3-5-14(6-4-13)22(24)25;/h3-6,10-12H,7-9,18H2,1-2H3;1H. The van der Waals surface area contributed by atoms with Crippen molar-refractivity contribution in [3.63, 3.8) is 0 Å². The molecule has 9 heteroatoms. The number of nitro groups is 1. The number of carbonyl (C=O) groups excluding carboxylic acids is 1. The third kappa shape index (κ3) is 3.71. The molecule has 1 aliphatic heterocycles. The molecule has 2 N–H and O–H groups in total. The monoisotopic (exact) mass is 379 g/mol. The number of nitrogens with two attached hydrogens (primary N) is 1. The van der Waals surface area contributed by atoms with Gasteiger partial charge in [-0.1, -0.05) is 0 Å². The van der Waals surface area contributed by atoms with Crippen molar-refractivity contribution in [2.75, 3.05) is 13.1 Å². The maximum atomic E-state index is 13.0. The molecule has 0 aliphatic carbocycles. The molecule has 1 amide bonds. The predicted octanol–water partition coefficient (Wildman–Crippen LogP) is 2.23. The number of rotatable bonds is 4. The van der Waals surface area contributed by atoms with Crippen LogP contribution >= 0.6 is 12.4 Å². The summed E-state index contributed by atoms with van der Waals surface area (Å²) in [5.74, 6) is 0.239. The van der Waals surface area contributed by atoms with Crippen molar-refractivity contribution >= 4 is 24.0 Å². The fourth-order valence-electron chi connectivity index (χ4n) is 3.35. The van der Waals surface area contributed by atoms with E-state index in [1.165, 1.54) is 12.1 Å². The zero-order chi connectivity index (χ0) is 18.1. The first kappa shape index (κ1) is 19.9. The second kappa shape index (κ2) is 7.84. The van der Waals surface area contributed by atoms with Crippen LogP contribution in [0.1, 0.15) is 23.7 Å². The second-order valence-electron chi connectivity index (χ2n) is 6.51. The molecule has 140 valence electrons. The van der Waals surface area contributed by atoms with Gasteiger partial charge in [0.15, 0.2) is 0 Å². The number of amides is 1. The summed E-state index contributed by atoms with van der Waals surface area (Å²) in [7, 11) is 1.75. The summed E-state index contributed by atoms with van der Waals surface area (Å²) in [4.78, 5) is 25.2. The molecule has 26 heavy (non-hydrogen) atoms. The number of benzene rings is 1. The van der Waals surface area contributed by atoms with Gasteiger partial charge in [0.2, 0.25) is 0 Å². The van der Waals surface area contributed by atoms with Crippen LogP contribution in [0.5, 0.6) is 0 Å². The number of halogens is 1. The Kier molecular flexibility index (Phi) is 5.99. The highest BCUT2D eigenvalue weighted by Gasteiger charge is 2.34. The predicted molar refractivity (Wildman–Crippen MR) is 100 cm³/mol. The first-order valence-corrected chi connectivity index (χ1v) is 8.20. The highest BCUT2D eigenvalue weighted by molar-refractivity contribution is 6.00. The van der Waals surface area contributed by atoms with Crippen molar-refractivity contribution < 1.29 is 9.72 Å². The van der Waals surface area contributed by atoms with Crippen LogP contribution in [0.15, 0.2) is 30.5 Å². The molecule has 2 unspecified atom stereocenters. The first-order valence-electron chi connectivity index (χ1n) is 8.20. The van der Waals surface area contributed by atoms with Crippen LogP contribution in [0.2, 0.25) is 0 Å². The van der Waals surface area contributed by atoms with Crippen LogP contribution in [0, 0.1) is 16.0 Å². The van der Waals surface area contributed by atoms with E-state index in [-0.39, 0.29) is 30.0 Å². The van der Waals surface area contributed by atoms with Gasteiger partial charge in [0, 0.05) is 43.5 Å². The van der Waals surface area contributed by atoms with Gasteiger partial charge in [-0.05, 0) is 37.9 Å². The summed E-state index contributed by atoms with van der Waals surface area (Å²) in [6, 6.07) is 6.20. The average Bonchev–Trinajstić information content (AvgIpc) is 3.17. The van der Waals surface area contributed by atoms with Gasteiger partial charge in [0.25, 0.3) is 11.6 Å². The molecule has 1 saturated heterocycles. The molecule has 0 bridgehead atoms. The topological polar surface area (TPSA) is 107 Å². The number of aryl methyl sites for hydroxylation is 1. The first-order chi connectivity index (χ1) is 11.9. The van der Waals surface area contributed by atoms with E-state index in [0.29, 0.717) is 35.8 Å². The van der Waals surface area contributed by atoms with Crippen LogP contribution in [0.4, 0.5) is 5.69 Å². The number of hydrogen-bond acceptors (Lipinski definition) is 5. The zero-order valence-corrected chi connectivity index (χ0v) is 15.5. The van der Waals surface area contributed by atoms with Gasteiger partial charge in [-0.25, -0.2) is 0 Å². The van der Waals surface area contributed by atoms with Gasteiger partial charge in [0.1, 0.15) is 5.69 Å². The fourth-order valence-corrected chi connectivity index (χ4v) is 3.35. The normalized spacial score (nSPS) is 19.3. The number of nitrogens with zero attached hydrogens (tertiary/aromatic N) is 4. The summed E-state index contributed by atoms with van der Waals surface area (Å²) < 4.78 is 1.59. The Morgan fingerprint density at radius 2 is 2.04 bits per heavy atom. The molecule has 8 nitrogen and oxygen atoms in total. The summed E-state index contributed by atoms with van der Waals surface area (Å²) in [5, 5.41) is 15.2. The van der Waals surface area contributed by atoms with Gasteiger partial charge < -0.3 is 10.6 Å². The van der Waals surface area contributed by atoms with E-state index < -0.39 is 4.92 Å². The molecule has 0 radical (unpaired) electrons. The van der Waals surface area contributed by atoms with Crippen molar-refractivity contribution in [2.24, 2.45) is 18.7 Å². The minimum atomic E-state index is -0.451. The molecule has 2 heterocycles. The fraction of sp³-hybridized carbons (Fsp3) is 0.412. The lowest BCUT2D eigenvalue weighted by atomic mass is 10.1. The van der Waals surface area contributed by atoms with Crippen LogP contribution in [0.3, 0.4) is 0 Å². The molecule has 0 saturated carbocycles. The van der Waals surface area contributed by atoms with E-state index >= 15 is 0 Å². The van der Waals surface area contributed by atoms with Crippen molar-refractivity contribution in [1.82, 2.24) is 14.7 Å². The number of likely N-dealkylation sites (tertiary alicyclic amines) is 1. The summed E-state index contributed by atoms with van der Waals surface area (Å²) >= 11 is 0. The third-order valence-corrected chi connectivity index (χ3v) is 4.67.